The fourth-order valence-electron chi connectivity index (χ4n) is 2.10. The lowest BCUT2D eigenvalue weighted by Gasteiger charge is -2.00. The Morgan fingerprint density at radius 2 is 2.17 bits per heavy atom. The van der Waals surface area contributed by atoms with Crippen LogP contribution in [0.25, 0.3) is 10.1 Å². The Kier molecular flexibility index (Phi) is 3.13. The van der Waals surface area contributed by atoms with Crippen molar-refractivity contribution in [1.82, 2.24) is 15.1 Å². The Morgan fingerprint density at radius 3 is 3.06 bits per heavy atom. The Hall–Kier alpha value is -1.65. The van der Waals surface area contributed by atoms with E-state index in [2.05, 4.69) is 46.1 Å². The number of thiophene rings is 1. The van der Waals surface area contributed by atoms with Crippen molar-refractivity contribution in [2.24, 2.45) is 0 Å². The van der Waals surface area contributed by atoms with E-state index in [0.29, 0.717) is 0 Å². The molecule has 0 spiro atoms. The molecule has 92 valence electrons. The monoisotopic (exact) mass is 257 g/mol. The van der Waals surface area contributed by atoms with E-state index in [-0.39, 0.29) is 0 Å². The maximum atomic E-state index is 4.54. The molecule has 1 N–H and O–H groups in total. The quantitative estimate of drug-likeness (QED) is 0.779. The molecule has 18 heavy (non-hydrogen) atoms. The highest BCUT2D eigenvalue weighted by Crippen LogP contribution is 2.26. The number of nitrogens with one attached hydrogen (secondary N) is 1. The van der Waals surface area contributed by atoms with E-state index in [1.54, 1.807) is 11.3 Å². The molecule has 4 heteroatoms. The van der Waals surface area contributed by atoms with Gasteiger partial charge >= 0.3 is 0 Å². The Balaban J connectivity index is 1.87. The summed E-state index contributed by atoms with van der Waals surface area (Å²) in [4.78, 5) is 0. The number of rotatable bonds is 4. The Morgan fingerprint density at radius 1 is 1.28 bits per heavy atom. The average Bonchev–Trinajstić information content (AvgIpc) is 2.99. The van der Waals surface area contributed by atoms with Crippen molar-refractivity contribution in [2.75, 3.05) is 7.05 Å². The van der Waals surface area contributed by atoms with E-state index >= 15 is 0 Å². The molecule has 0 aliphatic heterocycles. The van der Waals surface area contributed by atoms with Gasteiger partial charge in [0.1, 0.15) is 0 Å². The molecule has 0 aliphatic carbocycles. The third-order valence-corrected chi connectivity index (χ3v) is 3.96. The molecular weight excluding hydrogens is 242 g/mol. The van der Waals surface area contributed by atoms with Crippen molar-refractivity contribution in [3.63, 3.8) is 0 Å². The summed E-state index contributed by atoms with van der Waals surface area (Å²) in [6.07, 6.45) is 2.04. The van der Waals surface area contributed by atoms with Crippen LogP contribution in [0.15, 0.2) is 41.9 Å². The van der Waals surface area contributed by atoms with Gasteiger partial charge in [-0.25, -0.2) is 0 Å². The van der Waals surface area contributed by atoms with Gasteiger partial charge < -0.3 is 5.32 Å². The van der Waals surface area contributed by atoms with Crippen LogP contribution < -0.4 is 5.32 Å². The molecular formula is C14H15N3S. The first-order chi connectivity index (χ1) is 8.86. The first-order valence-corrected chi connectivity index (χ1v) is 6.87. The standard InChI is InChI=1S/C14H15N3S/c1-15-8-12-6-7-17(16-12)9-11-10-18-14-5-3-2-4-13(11)14/h2-7,10,15H,8-9H2,1H3. The first-order valence-electron chi connectivity index (χ1n) is 5.99. The molecule has 3 rings (SSSR count). The van der Waals surface area contributed by atoms with Crippen LogP contribution >= 0.6 is 11.3 Å². The number of nitrogens with zero attached hydrogens (tertiary/aromatic N) is 2. The lowest BCUT2D eigenvalue weighted by Crippen LogP contribution is -2.07. The topological polar surface area (TPSA) is 29.9 Å². The van der Waals surface area contributed by atoms with Crippen molar-refractivity contribution >= 4 is 21.4 Å². The van der Waals surface area contributed by atoms with Gasteiger partial charge in [-0.15, -0.1) is 11.3 Å². The normalized spacial score (nSPS) is 11.2. The Labute approximate surface area is 110 Å². The summed E-state index contributed by atoms with van der Waals surface area (Å²) in [7, 11) is 1.94. The predicted molar refractivity (Wildman–Crippen MR) is 75.9 cm³/mol. The molecule has 0 saturated heterocycles. The minimum Gasteiger partial charge on any atom is -0.314 e. The second-order valence-corrected chi connectivity index (χ2v) is 5.20. The van der Waals surface area contributed by atoms with Crippen molar-refractivity contribution in [1.29, 1.82) is 0 Å². The van der Waals surface area contributed by atoms with Gasteiger partial charge in [-0.05, 0) is 35.5 Å². The minimum atomic E-state index is 0.817. The van der Waals surface area contributed by atoms with E-state index in [1.807, 2.05) is 17.9 Å². The summed E-state index contributed by atoms with van der Waals surface area (Å²) in [5.41, 5.74) is 2.42. The molecule has 3 nitrogen and oxygen atoms in total. The maximum Gasteiger partial charge on any atom is 0.0762 e. The summed E-state index contributed by atoms with van der Waals surface area (Å²) in [5, 5.41) is 11.2. The van der Waals surface area contributed by atoms with E-state index in [9.17, 15) is 0 Å². The second kappa shape index (κ2) is 4.92. The molecule has 0 unspecified atom stereocenters. The van der Waals surface area contributed by atoms with Crippen LogP contribution in [0, 0.1) is 0 Å². The lowest BCUT2D eigenvalue weighted by molar-refractivity contribution is 0.662. The largest absolute Gasteiger partial charge is 0.314 e. The first kappa shape index (κ1) is 11.4. The zero-order chi connectivity index (χ0) is 12.4. The molecule has 2 heterocycles. The summed E-state index contributed by atoms with van der Waals surface area (Å²) in [6, 6.07) is 10.6. The molecule has 0 fully saturated rings. The summed E-state index contributed by atoms with van der Waals surface area (Å²) >= 11 is 1.80. The van der Waals surface area contributed by atoms with Crippen LogP contribution in [0.3, 0.4) is 0 Å². The number of fused-ring (bicyclic) bond motifs is 1. The van der Waals surface area contributed by atoms with Crippen molar-refractivity contribution in [3.05, 3.63) is 53.2 Å². The zero-order valence-electron chi connectivity index (χ0n) is 10.3. The Bertz CT molecular complexity index is 654. The van der Waals surface area contributed by atoms with Gasteiger partial charge in [-0.2, -0.15) is 5.10 Å². The highest BCUT2D eigenvalue weighted by molar-refractivity contribution is 7.17. The van der Waals surface area contributed by atoms with Crippen molar-refractivity contribution in [2.45, 2.75) is 13.1 Å². The lowest BCUT2D eigenvalue weighted by atomic mass is 10.2. The number of hydrogen-bond acceptors (Lipinski definition) is 3. The van der Waals surface area contributed by atoms with Gasteiger partial charge in [0, 0.05) is 17.4 Å². The molecule has 0 atom stereocenters. The number of aromatic nitrogens is 2. The third kappa shape index (κ3) is 2.17. The SMILES string of the molecule is CNCc1ccn(Cc2csc3ccccc23)n1. The number of benzene rings is 1. The average molecular weight is 257 g/mol. The van der Waals surface area contributed by atoms with Crippen LogP contribution in [0.5, 0.6) is 0 Å². The molecule has 0 aliphatic rings. The van der Waals surface area contributed by atoms with Gasteiger partial charge in [0.05, 0.1) is 12.2 Å². The maximum absolute atomic E-state index is 4.54. The molecule has 1 aromatic carbocycles. The van der Waals surface area contributed by atoms with Gasteiger partial charge in [-0.1, -0.05) is 18.2 Å². The summed E-state index contributed by atoms with van der Waals surface area (Å²) in [5.74, 6) is 0. The molecule has 0 radical (unpaired) electrons. The third-order valence-electron chi connectivity index (χ3n) is 2.95. The van der Waals surface area contributed by atoms with E-state index in [4.69, 9.17) is 0 Å². The molecule has 3 aromatic rings. The minimum absolute atomic E-state index is 0.817. The highest BCUT2D eigenvalue weighted by Gasteiger charge is 2.05. The van der Waals surface area contributed by atoms with E-state index in [1.165, 1.54) is 15.6 Å². The predicted octanol–water partition coefficient (Wildman–Crippen LogP) is 2.87. The van der Waals surface area contributed by atoms with E-state index in [0.717, 1.165) is 18.8 Å². The second-order valence-electron chi connectivity index (χ2n) is 4.29. The molecule has 0 amide bonds. The van der Waals surface area contributed by atoms with E-state index < -0.39 is 0 Å². The molecule has 0 bridgehead atoms. The van der Waals surface area contributed by atoms with Gasteiger partial charge in [0.15, 0.2) is 0 Å². The zero-order valence-corrected chi connectivity index (χ0v) is 11.1. The van der Waals surface area contributed by atoms with Crippen LogP contribution in [-0.2, 0) is 13.1 Å². The van der Waals surface area contributed by atoms with Crippen LogP contribution in [-0.4, -0.2) is 16.8 Å². The van der Waals surface area contributed by atoms with Gasteiger partial charge in [-0.3, -0.25) is 4.68 Å². The van der Waals surface area contributed by atoms with Gasteiger partial charge in [0.2, 0.25) is 0 Å². The molecule has 2 aromatic heterocycles. The van der Waals surface area contributed by atoms with Crippen LogP contribution in [0.4, 0.5) is 0 Å². The highest BCUT2D eigenvalue weighted by atomic mass is 32.1. The van der Waals surface area contributed by atoms with Crippen LogP contribution in [0.2, 0.25) is 0 Å². The number of hydrogen-bond donors (Lipinski definition) is 1. The van der Waals surface area contributed by atoms with Crippen molar-refractivity contribution in [3.8, 4) is 0 Å². The smallest absolute Gasteiger partial charge is 0.0762 e. The fourth-order valence-corrected chi connectivity index (χ4v) is 3.05. The fraction of sp³-hybridized carbons (Fsp3) is 0.214. The van der Waals surface area contributed by atoms with Crippen molar-refractivity contribution < 1.29 is 0 Å². The summed E-state index contributed by atoms with van der Waals surface area (Å²) < 4.78 is 3.34. The van der Waals surface area contributed by atoms with Gasteiger partial charge in [0.25, 0.3) is 0 Å². The van der Waals surface area contributed by atoms with Crippen LogP contribution in [0.1, 0.15) is 11.3 Å². The molecule has 0 saturated carbocycles. The summed E-state index contributed by atoms with van der Waals surface area (Å²) in [6.45, 7) is 1.66.